The first-order valence-electron chi connectivity index (χ1n) is 8.36. The van der Waals surface area contributed by atoms with Crippen LogP contribution in [-0.2, 0) is 6.54 Å². The number of rotatable bonds is 7. The van der Waals surface area contributed by atoms with Crippen molar-refractivity contribution in [3.05, 3.63) is 29.3 Å². The van der Waals surface area contributed by atoms with Gasteiger partial charge in [-0.05, 0) is 64.4 Å². The molecular formula is C18H29ClN2O2. The van der Waals surface area contributed by atoms with Gasteiger partial charge in [-0.2, -0.15) is 0 Å². The molecule has 1 aliphatic heterocycles. The summed E-state index contributed by atoms with van der Waals surface area (Å²) < 4.78 is 5.75. The van der Waals surface area contributed by atoms with E-state index in [9.17, 15) is 4.79 Å². The van der Waals surface area contributed by atoms with E-state index in [0.717, 1.165) is 42.9 Å². The first-order chi connectivity index (χ1) is 10.7. The van der Waals surface area contributed by atoms with Crippen LogP contribution in [0.3, 0.4) is 0 Å². The highest BCUT2D eigenvalue weighted by atomic mass is 35.5. The van der Waals surface area contributed by atoms with Crippen molar-refractivity contribution in [3.63, 3.8) is 0 Å². The van der Waals surface area contributed by atoms with E-state index in [1.165, 1.54) is 19.3 Å². The van der Waals surface area contributed by atoms with Gasteiger partial charge in [0.2, 0.25) is 0 Å². The van der Waals surface area contributed by atoms with Crippen LogP contribution < -0.4 is 10.5 Å². The van der Waals surface area contributed by atoms with Crippen molar-refractivity contribution in [2.45, 2.75) is 52.1 Å². The largest absolute Gasteiger partial charge is 0.494 e. The Balaban J connectivity index is 0.00000264. The topological polar surface area (TPSA) is 55.6 Å². The number of benzene rings is 1. The Morgan fingerprint density at radius 2 is 2.17 bits per heavy atom. The zero-order chi connectivity index (χ0) is 15.9. The molecule has 1 unspecified atom stereocenters. The summed E-state index contributed by atoms with van der Waals surface area (Å²) in [7, 11) is 0. The molecule has 0 saturated carbocycles. The van der Waals surface area contributed by atoms with E-state index < -0.39 is 0 Å². The molecule has 5 heteroatoms. The number of likely N-dealkylation sites (tertiary alicyclic amines) is 1. The molecule has 0 aliphatic carbocycles. The van der Waals surface area contributed by atoms with Crippen molar-refractivity contribution in [3.8, 4) is 5.75 Å². The molecule has 1 aromatic rings. The number of ketones is 1. The number of carbonyl (C=O) groups excluding carboxylic acids is 1. The van der Waals surface area contributed by atoms with Crippen molar-refractivity contribution in [1.29, 1.82) is 0 Å². The van der Waals surface area contributed by atoms with Crippen molar-refractivity contribution in [1.82, 2.24) is 4.90 Å². The Hall–Kier alpha value is -1.10. The lowest BCUT2D eigenvalue weighted by molar-refractivity contribution is 0.101. The summed E-state index contributed by atoms with van der Waals surface area (Å²) in [6.45, 7) is 6.89. The molecular weight excluding hydrogens is 312 g/mol. The van der Waals surface area contributed by atoms with Gasteiger partial charge in [0, 0.05) is 23.7 Å². The third-order valence-corrected chi connectivity index (χ3v) is 4.39. The highest BCUT2D eigenvalue weighted by Gasteiger charge is 2.23. The molecule has 2 N–H and O–H groups in total. The number of hydrogen-bond acceptors (Lipinski definition) is 4. The first-order valence-corrected chi connectivity index (χ1v) is 8.36. The maximum Gasteiger partial charge on any atom is 0.159 e. The van der Waals surface area contributed by atoms with E-state index in [1.807, 2.05) is 25.1 Å². The van der Waals surface area contributed by atoms with Gasteiger partial charge in [-0.3, -0.25) is 9.69 Å². The van der Waals surface area contributed by atoms with Crippen LogP contribution in [0.15, 0.2) is 18.2 Å². The lowest BCUT2D eigenvalue weighted by atomic mass is 9.98. The number of nitrogens with zero attached hydrogens (tertiary/aromatic N) is 1. The van der Waals surface area contributed by atoms with E-state index in [1.54, 1.807) is 6.92 Å². The molecule has 1 saturated heterocycles. The number of carbonyl (C=O) groups is 1. The van der Waals surface area contributed by atoms with Crippen molar-refractivity contribution < 1.29 is 9.53 Å². The molecule has 1 aliphatic rings. The summed E-state index contributed by atoms with van der Waals surface area (Å²) in [6.07, 6.45) is 4.77. The molecule has 0 radical (unpaired) electrons. The van der Waals surface area contributed by atoms with E-state index in [2.05, 4.69) is 4.90 Å². The Labute approximate surface area is 145 Å². The SMILES string of the molecule is CCOc1ccc(C(C)=O)cc1CN1CCCCC1CCN.Cl. The molecule has 4 nitrogen and oxygen atoms in total. The molecule has 2 rings (SSSR count). The highest BCUT2D eigenvalue weighted by molar-refractivity contribution is 5.94. The van der Waals surface area contributed by atoms with Gasteiger partial charge in [0.25, 0.3) is 0 Å². The molecule has 23 heavy (non-hydrogen) atoms. The minimum Gasteiger partial charge on any atom is -0.494 e. The van der Waals surface area contributed by atoms with Crippen molar-refractivity contribution in [2.75, 3.05) is 19.7 Å². The third-order valence-electron chi connectivity index (χ3n) is 4.39. The summed E-state index contributed by atoms with van der Waals surface area (Å²) >= 11 is 0. The minimum absolute atomic E-state index is 0. The molecule has 130 valence electrons. The number of ether oxygens (including phenoxy) is 1. The second kappa shape index (κ2) is 9.91. The van der Waals surface area contributed by atoms with Gasteiger partial charge in [-0.1, -0.05) is 6.42 Å². The lowest BCUT2D eigenvalue weighted by Crippen LogP contribution is -2.40. The smallest absolute Gasteiger partial charge is 0.159 e. The predicted molar refractivity (Wildman–Crippen MR) is 96.6 cm³/mol. The Kier molecular flexibility index (Phi) is 8.59. The fraction of sp³-hybridized carbons (Fsp3) is 0.611. The highest BCUT2D eigenvalue weighted by Crippen LogP contribution is 2.27. The Bertz CT molecular complexity index is 506. The summed E-state index contributed by atoms with van der Waals surface area (Å²) in [5.74, 6) is 0.992. The van der Waals surface area contributed by atoms with Gasteiger partial charge in [-0.15, -0.1) is 12.4 Å². The quantitative estimate of drug-likeness (QED) is 0.773. The van der Waals surface area contributed by atoms with Crippen molar-refractivity contribution in [2.24, 2.45) is 5.73 Å². The van der Waals surface area contributed by atoms with Gasteiger partial charge >= 0.3 is 0 Å². The average molecular weight is 341 g/mol. The lowest BCUT2D eigenvalue weighted by Gasteiger charge is -2.36. The molecule has 0 bridgehead atoms. The third kappa shape index (κ3) is 5.48. The van der Waals surface area contributed by atoms with Crippen LogP contribution in [0.25, 0.3) is 0 Å². The van der Waals surface area contributed by atoms with Crippen LogP contribution in [-0.4, -0.2) is 36.4 Å². The normalized spacial score (nSPS) is 18.3. The van der Waals surface area contributed by atoms with Gasteiger partial charge in [0.05, 0.1) is 6.61 Å². The van der Waals surface area contributed by atoms with Crippen LogP contribution in [0, 0.1) is 0 Å². The molecule has 1 atom stereocenters. The van der Waals surface area contributed by atoms with Crippen molar-refractivity contribution >= 4 is 18.2 Å². The summed E-state index contributed by atoms with van der Waals surface area (Å²) in [5, 5.41) is 0. The zero-order valence-corrected chi connectivity index (χ0v) is 15.0. The minimum atomic E-state index is 0. The van der Waals surface area contributed by atoms with E-state index in [4.69, 9.17) is 10.5 Å². The fourth-order valence-corrected chi connectivity index (χ4v) is 3.22. The molecule has 0 spiro atoms. The number of piperidine rings is 1. The molecule has 1 aromatic carbocycles. The number of nitrogens with two attached hydrogens (primary N) is 1. The maximum atomic E-state index is 11.7. The number of hydrogen-bond donors (Lipinski definition) is 1. The van der Waals surface area contributed by atoms with E-state index >= 15 is 0 Å². The first kappa shape index (κ1) is 19.9. The zero-order valence-electron chi connectivity index (χ0n) is 14.2. The second-order valence-corrected chi connectivity index (χ2v) is 6.01. The van der Waals surface area contributed by atoms with Gasteiger partial charge in [0.1, 0.15) is 5.75 Å². The predicted octanol–water partition coefficient (Wildman–Crippen LogP) is 3.41. The fourth-order valence-electron chi connectivity index (χ4n) is 3.22. The van der Waals surface area contributed by atoms with E-state index in [-0.39, 0.29) is 18.2 Å². The summed E-state index contributed by atoms with van der Waals surface area (Å²) in [5.41, 5.74) is 7.63. The second-order valence-electron chi connectivity index (χ2n) is 6.01. The monoisotopic (exact) mass is 340 g/mol. The van der Waals surface area contributed by atoms with Crippen LogP contribution >= 0.6 is 12.4 Å². The standard InChI is InChI=1S/C18H28N2O2.ClH/c1-3-22-18-8-7-15(14(2)21)12-16(18)13-20-11-5-4-6-17(20)9-10-19;/h7-8,12,17H,3-6,9-11,13,19H2,1-2H3;1H. The molecule has 0 aromatic heterocycles. The summed E-state index contributed by atoms with van der Waals surface area (Å²) in [4.78, 5) is 14.2. The summed E-state index contributed by atoms with van der Waals surface area (Å²) in [6, 6.07) is 6.32. The molecule has 0 amide bonds. The number of halogens is 1. The van der Waals surface area contributed by atoms with E-state index in [0.29, 0.717) is 12.6 Å². The van der Waals surface area contributed by atoms with Crippen LogP contribution in [0.2, 0.25) is 0 Å². The Morgan fingerprint density at radius 3 is 2.83 bits per heavy atom. The van der Waals surface area contributed by atoms with Gasteiger partial charge in [-0.25, -0.2) is 0 Å². The van der Waals surface area contributed by atoms with Gasteiger partial charge < -0.3 is 10.5 Å². The maximum absolute atomic E-state index is 11.7. The molecule has 1 fully saturated rings. The van der Waals surface area contributed by atoms with Crippen LogP contribution in [0.5, 0.6) is 5.75 Å². The average Bonchev–Trinajstić information content (AvgIpc) is 2.51. The van der Waals surface area contributed by atoms with Crippen LogP contribution in [0.4, 0.5) is 0 Å². The Morgan fingerprint density at radius 1 is 1.39 bits per heavy atom. The van der Waals surface area contributed by atoms with Crippen LogP contribution in [0.1, 0.15) is 55.5 Å². The van der Waals surface area contributed by atoms with Gasteiger partial charge in [0.15, 0.2) is 5.78 Å². The molecule has 1 heterocycles. The number of Topliss-reactive ketones (excluding diaryl/α,β-unsaturated/α-hetero) is 1.